The lowest BCUT2D eigenvalue weighted by Crippen LogP contribution is -2.49. The van der Waals surface area contributed by atoms with Gasteiger partial charge in [0.25, 0.3) is 0 Å². The number of fused-ring (bicyclic) bond motifs is 1. The minimum absolute atomic E-state index is 0.0937. The van der Waals surface area contributed by atoms with E-state index in [1.807, 2.05) is 12.1 Å². The van der Waals surface area contributed by atoms with Crippen LogP contribution in [0.2, 0.25) is 0 Å². The fourth-order valence-electron chi connectivity index (χ4n) is 6.81. The first kappa shape index (κ1) is 25.2. The molecule has 2 heterocycles. The zero-order valence-corrected chi connectivity index (χ0v) is 21.7. The second-order valence-corrected chi connectivity index (χ2v) is 11.0. The fraction of sp³-hybridized carbons (Fsp3) is 0.567. The number of rotatable bonds is 8. The molecule has 0 bridgehead atoms. The molecule has 2 atom stereocenters. The van der Waals surface area contributed by atoms with E-state index in [-0.39, 0.29) is 11.7 Å². The molecule has 3 aliphatic rings. The topological polar surface area (TPSA) is 71.0 Å². The molecule has 2 aromatic carbocycles. The number of ketones is 1. The Labute approximate surface area is 215 Å². The van der Waals surface area contributed by atoms with E-state index in [0.29, 0.717) is 29.4 Å². The number of aliphatic hydroxyl groups excluding tert-OH is 1. The SMILES string of the molecule is COc1cc2c(cc1OC)C(=O)[C@@](CC1CCNCC1)([C@@H](O)C1CCN(Cc3ccccc3)CC1)C2. The highest BCUT2D eigenvalue weighted by molar-refractivity contribution is 6.06. The highest BCUT2D eigenvalue weighted by Gasteiger charge is 2.54. The first-order valence-corrected chi connectivity index (χ1v) is 13.5. The molecule has 6 heteroatoms. The van der Waals surface area contributed by atoms with Crippen LogP contribution in [0.5, 0.6) is 11.5 Å². The highest BCUT2D eigenvalue weighted by Crippen LogP contribution is 2.50. The van der Waals surface area contributed by atoms with E-state index in [1.165, 1.54) is 5.56 Å². The Kier molecular flexibility index (Phi) is 7.65. The van der Waals surface area contributed by atoms with E-state index < -0.39 is 11.5 Å². The van der Waals surface area contributed by atoms with Gasteiger partial charge in [-0.05, 0) is 99.8 Å². The molecule has 0 amide bonds. The van der Waals surface area contributed by atoms with Crippen LogP contribution in [0.1, 0.15) is 53.6 Å². The number of benzene rings is 2. The Morgan fingerprint density at radius 2 is 1.69 bits per heavy atom. The van der Waals surface area contributed by atoms with Crippen molar-refractivity contribution in [3.05, 3.63) is 59.2 Å². The molecular weight excluding hydrogens is 452 g/mol. The van der Waals surface area contributed by atoms with Gasteiger partial charge < -0.3 is 19.9 Å². The van der Waals surface area contributed by atoms with Crippen molar-refractivity contribution in [3.63, 3.8) is 0 Å². The Bertz CT molecular complexity index is 1040. The summed E-state index contributed by atoms with van der Waals surface area (Å²) in [6, 6.07) is 14.3. The molecule has 0 aromatic heterocycles. The molecule has 2 saturated heterocycles. The number of ether oxygens (including phenoxy) is 2. The van der Waals surface area contributed by atoms with Gasteiger partial charge in [0.1, 0.15) is 0 Å². The normalized spacial score (nSPS) is 24.5. The van der Waals surface area contributed by atoms with Crippen LogP contribution in [-0.2, 0) is 13.0 Å². The van der Waals surface area contributed by atoms with Crippen molar-refractivity contribution in [1.29, 1.82) is 0 Å². The zero-order chi connectivity index (χ0) is 25.1. The lowest BCUT2D eigenvalue weighted by molar-refractivity contribution is -0.0352. The third-order valence-electron chi connectivity index (χ3n) is 8.82. The van der Waals surface area contributed by atoms with Crippen molar-refractivity contribution < 1.29 is 19.4 Å². The van der Waals surface area contributed by atoms with E-state index in [0.717, 1.165) is 70.4 Å². The number of hydrogen-bond donors (Lipinski definition) is 2. The summed E-state index contributed by atoms with van der Waals surface area (Å²) in [4.78, 5) is 16.6. The van der Waals surface area contributed by atoms with Gasteiger partial charge in [-0.1, -0.05) is 30.3 Å². The number of Topliss-reactive ketones (excluding diaryl/α,β-unsaturated/α-hetero) is 1. The first-order chi connectivity index (χ1) is 17.5. The lowest BCUT2D eigenvalue weighted by atomic mass is 9.65. The Morgan fingerprint density at radius 1 is 1.03 bits per heavy atom. The summed E-state index contributed by atoms with van der Waals surface area (Å²) in [6.07, 6.45) is 4.62. The van der Waals surface area contributed by atoms with Gasteiger partial charge in [-0.25, -0.2) is 0 Å². The molecule has 2 fully saturated rings. The molecule has 2 aliphatic heterocycles. The van der Waals surface area contributed by atoms with Crippen molar-refractivity contribution >= 4 is 5.78 Å². The van der Waals surface area contributed by atoms with E-state index in [2.05, 4.69) is 40.5 Å². The predicted octanol–water partition coefficient (Wildman–Crippen LogP) is 4.09. The van der Waals surface area contributed by atoms with Gasteiger partial charge in [-0.15, -0.1) is 0 Å². The Balaban J connectivity index is 1.37. The quantitative estimate of drug-likeness (QED) is 0.578. The van der Waals surface area contributed by atoms with E-state index >= 15 is 0 Å². The summed E-state index contributed by atoms with van der Waals surface area (Å²) in [5, 5.41) is 15.5. The van der Waals surface area contributed by atoms with Crippen molar-refractivity contribution in [2.75, 3.05) is 40.4 Å². The third-order valence-corrected chi connectivity index (χ3v) is 8.82. The number of hydrogen-bond acceptors (Lipinski definition) is 6. The second-order valence-electron chi connectivity index (χ2n) is 11.0. The van der Waals surface area contributed by atoms with E-state index in [1.54, 1.807) is 14.2 Å². The molecule has 2 N–H and O–H groups in total. The van der Waals surface area contributed by atoms with E-state index in [9.17, 15) is 9.90 Å². The van der Waals surface area contributed by atoms with Gasteiger partial charge >= 0.3 is 0 Å². The minimum atomic E-state index is -0.770. The van der Waals surface area contributed by atoms with Gasteiger partial charge in [0.2, 0.25) is 0 Å². The molecule has 1 aliphatic carbocycles. The van der Waals surface area contributed by atoms with Crippen molar-refractivity contribution in [2.45, 2.75) is 51.2 Å². The zero-order valence-electron chi connectivity index (χ0n) is 21.7. The maximum Gasteiger partial charge on any atom is 0.172 e. The summed E-state index contributed by atoms with van der Waals surface area (Å²) >= 11 is 0. The highest BCUT2D eigenvalue weighted by atomic mass is 16.5. The summed E-state index contributed by atoms with van der Waals surface area (Å²) < 4.78 is 11.1. The van der Waals surface area contributed by atoms with Crippen LogP contribution in [0.15, 0.2) is 42.5 Å². The Morgan fingerprint density at radius 3 is 2.36 bits per heavy atom. The predicted molar refractivity (Wildman–Crippen MR) is 141 cm³/mol. The van der Waals surface area contributed by atoms with Gasteiger partial charge in [0, 0.05) is 12.1 Å². The molecule has 2 aromatic rings. The standard InChI is InChI=1S/C30H40N2O4/c1-35-26-16-24-19-30(18-21-8-12-31-13-9-21,29(34)25(24)17-27(26)36-2)28(33)23-10-14-32(15-11-23)20-22-6-4-3-5-7-22/h3-7,16-17,21,23,28,31,33H,8-15,18-20H2,1-2H3/t28-,30+/m0/s1. The number of aliphatic hydroxyl groups is 1. The Hall–Kier alpha value is -2.41. The van der Waals surface area contributed by atoms with Gasteiger partial charge in [0.15, 0.2) is 17.3 Å². The number of likely N-dealkylation sites (tertiary alicyclic amines) is 1. The number of methoxy groups -OCH3 is 2. The number of carbonyl (C=O) groups is 1. The lowest BCUT2D eigenvalue weighted by Gasteiger charge is -2.43. The molecule has 0 saturated carbocycles. The summed E-state index contributed by atoms with van der Waals surface area (Å²) in [5.74, 6) is 1.88. The maximum absolute atomic E-state index is 14.2. The molecule has 5 rings (SSSR count). The molecule has 194 valence electrons. The van der Waals surface area contributed by atoms with Crippen molar-refractivity contribution in [2.24, 2.45) is 17.3 Å². The minimum Gasteiger partial charge on any atom is -0.493 e. The van der Waals surface area contributed by atoms with Crippen LogP contribution >= 0.6 is 0 Å². The van der Waals surface area contributed by atoms with Gasteiger partial charge in [-0.3, -0.25) is 9.69 Å². The average Bonchev–Trinajstić information content (AvgIpc) is 3.20. The molecule has 36 heavy (non-hydrogen) atoms. The number of piperidine rings is 2. The van der Waals surface area contributed by atoms with Gasteiger partial charge in [-0.2, -0.15) is 0 Å². The third kappa shape index (κ3) is 4.91. The second kappa shape index (κ2) is 10.9. The van der Waals surface area contributed by atoms with Gasteiger partial charge in [0.05, 0.1) is 25.7 Å². The van der Waals surface area contributed by atoms with Crippen LogP contribution in [0.3, 0.4) is 0 Å². The molecule has 0 unspecified atom stereocenters. The van der Waals surface area contributed by atoms with Crippen LogP contribution < -0.4 is 14.8 Å². The number of carbonyl (C=O) groups excluding carboxylic acids is 1. The maximum atomic E-state index is 14.2. The van der Waals surface area contributed by atoms with Crippen LogP contribution in [0, 0.1) is 17.3 Å². The van der Waals surface area contributed by atoms with Crippen molar-refractivity contribution in [1.82, 2.24) is 10.2 Å². The molecule has 0 spiro atoms. The monoisotopic (exact) mass is 492 g/mol. The van der Waals surface area contributed by atoms with E-state index in [4.69, 9.17) is 9.47 Å². The van der Waals surface area contributed by atoms with Crippen LogP contribution in [-0.4, -0.2) is 62.3 Å². The van der Waals surface area contributed by atoms with Crippen LogP contribution in [0.4, 0.5) is 0 Å². The summed E-state index contributed by atoms with van der Waals surface area (Å²) in [6.45, 7) is 4.80. The van der Waals surface area contributed by atoms with Crippen molar-refractivity contribution in [3.8, 4) is 11.5 Å². The average molecular weight is 493 g/mol. The smallest absolute Gasteiger partial charge is 0.172 e. The summed E-state index contributed by atoms with van der Waals surface area (Å²) in [5.41, 5.74) is 2.23. The largest absolute Gasteiger partial charge is 0.493 e. The first-order valence-electron chi connectivity index (χ1n) is 13.5. The summed E-state index contributed by atoms with van der Waals surface area (Å²) in [7, 11) is 3.23. The number of nitrogens with zero attached hydrogens (tertiary/aromatic N) is 1. The number of nitrogens with one attached hydrogen (secondary N) is 1. The molecular formula is C30H40N2O4. The fourth-order valence-corrected chi connectivity index (χ4v) is 6.81. The molecule has 6 nitrogen and oxygen atoms in total. The molecule has 0 radical (unpaired) electrons. The van der Waals surface area contributed by atoms with Crippen LogP contribution in [0.25, 0.3) is 0 Å².